The van der Waals surface area contributed by atoms with Crippen molar-refractivity contribution >= 4 is 0 Å². The van der Waals surface area contributed by atoms with Crippen molar-refractivity contribution in [3.8, 4) is 5.75 Å². The summed E-state index contributed by atoms with van der Waals surface area (Å²) in [4.78, 5) is 0. The van der Waals surface area contributed by atoms with Crippen molar-refractivity contribution in [2.24, 2.45) is 0 Å². The minimum absolute atomic E-state index is 0.254. The van der Waals surface area contributed by atoms with E-state index in [1.807, 2.05) is 0 Å². The smallest absolute Gasteiger partial charge is 0.130 e. The first kappa shape index (κ1) is 16.4. The molecule has 2 N–H and O–H groups in total. The molecule has 2 aromatic carbocycles. The van der Waals surface area contributed by atoms with E-state index in [9.17, 15) is 13.9 Å². The number of rotatable bonds is 6. The molecule has 0 aromatic heterocycles. The van der Waals surface area contributed by atoms with Gasteiger partial charge in [-0.3, -0.25) is 0 Å². The number of aliphatic hydroxyl groups is 1. The van der Waals surface area contributed by atoms with Crippen LogP contribution in [0.3, 0.4) is 0 Å². The van der Waals surface area contributed by atoms with Crippen molar-refractivity contribution in [1.29, 1.82) is 0 Å². The van der Waals surface area contributed by atoms with E-state index in [0.29, 0.717) is 11.3 Å². The van der Waals surface area contributed by atoms with Crippen molar-refractivity contribution < 1.29 is 18.6 Å². The minimum atomic E-state index is -0.725. The second-order valence-electron chi connectivity index (χ2n) is 5.08. The van der Waals surface area contributed by atoms with Gasteiger partial charge in [0, 0.05) is 24.2 Å². The first-order valence-corrected chi connectivity index (χ1v) is 7.01. The fraction of sp³-hybridized carbons (Fsp3) is 0.294. The highest BCUT2D eigenvalue weighted by Gasteiger charge is 2.14. The molecule has 0 spiro atoms. The number of nitrogens with one attached hydrogen (secondary N) is 1. The Bertz CT molecular complexity index is 617. The maximum absolute atomic E-state index is 13.7. The Balaban J connectivity index is 1.96. The third kappa shape index (κ3) is 4.02. The average molecular weight is 307 g/mol. The summed E-state index contributed by atoms with van der Waals surface area (Å²) in [6.45, 7) is 2.02. The Morgan fingerprint density at radius 3 is 2.41 bits per heavy atom. The molecule has 0 amide bonds. The third-order valence-corrected chi connectivity index (χ3v) is 3.55. The molecular weight excluding hydrogens is 288 g/mol. The van der Waals surface area contributed by atoms with Gasteiger partial charge in [0.2, 0.25) is 0 Å². The van der Waals surface area contributed by atoms with Crippen LogP contribution in [-0.2, 0) is 0 Å². The van der Waals surface area contributed by atoms with E-state index in [-0.39, 0.29) is 12.6 Å². The van der Waals surface area contributed by atoms with Crippen molar-refractivity contribution in [3.05, 3.63) is 65.2 Å². The van der Waals surface area contributed by atoms with E-state index >= 15 is 0 Å². The van der Waals surface area contributed by atoms with Gasteiger partial charge in [0.15, 0.2) is 0 Å². The number of ether oxygens (including phenoxy) is 1. The van der Waals surface area contributed by atoms with Crippen molar-refractivity contribution in [1.82, 2.24) is 5.32 Å². The van der Waals surface area contributed by atoms with Crippen molar-refractivity contribution in [2.45, 2.75) is 19.1 Å². The van der Waals surface area contributed by atoms with Crippen LogP contribution >= 0.6 is 0 Å². The van der Waals surface area contributed by atoms with Crippen LogP contribution in [0.25, 0.3) is 0 Å². The number of hydrogen-bond donors (Lipinski definition) is 2. The van der Waals surface area contributed by atoms with Gasteiger partial charge >= 0.3 is 0 Å². The van der Waals surface area contributed by atoms with Gasteiger partial charge in [0.1, 0.15) is 17.4 Å². The van der Waals surface area contributed by atoms with Crippen molar-refractivity contribution in [2.75, 3.05) is 13.7 Å². The van der Waals surface area contributed by atoms with Gasteiger partial charge in [-0.1, -0.05) is 18.2 Å². The second-order valence-corrected chi connectivity index (χ2v) is 5.08. The SMILES string of the molecule is COc1ccc(C(O)CNC(C)c2ccc(F)cc2F)cc1. The first-order valence-electron chi connectivity index (χ1n) is 7.01. The van der Waals surface area contributed by atoms with Gasteiger partial charge in [0.25, 0.3) is 0 Å². The zero-order valence-corrected chi connectivity index (χ0v) is 12.5. The molecule has 0 heterocycles. The lowest BCUT2D eigenvalue weighted by Gasteiger charge is -2.18. The predicted molar refractivity (Wildman–Crippen MR) is 80.7 cm³/mol. The summed E-state index contributed by atoms with van der Waals surface area (Å²) in [6, 6.07) is 10.2. The van der Waals surface area contributed by atoms with Gasteiger partial charge in [-0.05, 0) is 30.7 Å². The Hall–Kier alpha value is -1.98. The molecule has 2 atom stereocenters. The fourth-order valence-corrected chi connectivity index (χ4v) is 2.19. The van der Waals surface area contributed by atoms with Gasteiger partial charge in [-0.2, -0.15) is 0 Å². The van der Waals surface area contributed by atoms with Gasteiger partial charge < -0.3 is 15.2 Å². The number of benzene rings is 2. The monoisotopic (exact) mass is 307 g/mol. The van der Waals surface area contributed by atoms with Crippen LogP contribution < -0.4 is 10.1 Å². The van der Waals surface area contributed by atoms with E-state index in [1.54, 1.807) is 38.3 Å². The maximum Gasteiger partial charge on any atom is 0.130 e. The molecule has 2 aromatic rings. The zero-order valence-electron chi connectivity index (χ0n) is 12.5. The largest absolute Gasteiger partial charge is 0.497 e. The molecule has 118 valence electrons. The first-order chi connectivity index (χ1) is 10.5. The molecule has 2 unspecified atom stereocenters. The molecule has 0 saturated carbocycles. The Labute approximate surface area is 128 Å². The van der Waals surface area contributed by atoms with Gasteiger partial charge in [0.05, 0.1) is 13.2 Å². The molecule has 0 radical (unpaired) electrons. The highest BCUT2D eigenvalue weighted by atomic mass is 19.1. The van der Waals surface area contributed by atoms with E-state index < -0.39 is 17.7 Å². The fourth-order valence-electron chi connectivity index (χ4n) is 2.19. The van der Waals surface area contributed by atoms with E-state index in [1.165, 1.54) is 12.1 Å². The van der Waals surface area contributed by atoms with Crippen molar-refractivity contribution in [3.63, 3.8) is 0 Å². The molecule has 22 heavy (non-hydrogen) atoms. The molecule has 0 saturated heterocycles. The summed E-state index contributed by atoms with van der Waals surface area (Å²) in [5.74, 6) is -0.490. The molecule has 3 nitrogen and oxygen atoms in total. The predicted octanol–water partition coefficient (Wildman–Crippen LogP) is 3.36. The Morgan fingerprint density at radius 2 is 1.82 bits per heavy atom. The number of halogens is 2. The molecular formula is C17H19F2NO2. The number of hydrogen-bond acceptors (Lipinski definition) is 3. The van der Waals surface area contributed by atoms with Crippen LogP contribution in [0.15, 0.2) is 42.5 Å². The van der Waals surface area contributed by atoms with Gasteiger partial charge in [-0.15, -0.1) is 0 Å². The molecule has 5 heteroatoms. The van der Waals surface area contributed by atoms with Crippen LogP contribution in [0.5, 0.6) is 5.75 Å². The minimum Gasteiger partial charge on any atom is -0.497 e. The highest BCUT2D eigenvalue weighted by Crippen LogP contribution is 2.20. The molecule has 2 rings (SSSR count). The summed E-state index contributed by atoms with van der Waals surface area (Å²) in [7, 11) is 1.58. The lowest BCUT2D eigenvalue weighted by atomic mass is 10.1. The van der Waals surface area contributed by atoms with Crippen LogP contribution in [0.2, 0.25) is 0 Å². The summed E-state index contributed by atoms with van der Waals surface area (Å²) in [6.07, 6.45) is -0.725. The Kier molecular flexibility index (Phi) is 5.46. The normalized spacial score (nSPS) is 13.7. The third-order valence-electron chi connectivity index (χ3n) is 3.55. The van der Waals surface area contributed by atoms with Crippen LogP contribution in [0.4, 0.5) is 8.78 Å². The topological polar surface area (TPSA) is 41.5 Å². The van der Waals surface area contributed by atoms with Crippen LogP contribution in [-0.4, -0.2) is 18.8 Å². The van der Waals surface area contributed by atoms with Crippen LogP contribution in [0.1, 0.15) is 30.2 Å². The molecule has 0 bridgehead atoms. The maximum atomic E-state index is 13.7. The number of methoxy groups -OCH3 is 1. The summed E-state index contributed by atoms with van der Waals surface area (Å²) < 4.78 is 31.6. The average Bonchev–Trinajstić information content (AvgIpc) is 2.52. The second kappa shape index (κ2) is 7.33. The summed E-state index contributed by atoms with van der Waals surface area (Å²) in [5, 5.41) is 13.2. The zero-order chi connectivity index (χ0) is 16.1. The lowest BCUT2D eigenvalue weighted by Crippen LogP contribution is -2.25. The lowest BCUT2D eigenvalue weighted by molar-refractivity contribution is 0.170. The molecule has 0 aliphatic rings. The number of aliphatic hydroxyl groups excluding tert-OH is 1. The quantitative estimate of drug-likeness (QED) is 0.860. The van der Waals surface area contributed by atoms with Gasteiger partial charge in [-0.25, -0.2) is 8.78 Å². The van der Waals surface area contributed by atoms with E-state index in [4.69, 9.17) is 4.74 Å². The molecule has 0 aliphatic carbocycles. The highest BCUT2D eigenvalue weighted by molar-refractivity contribution is 5.28. The molecule has 0 aliphatic heterocycles. The van der Waals surface area contributed by atoms with Crippen LogP contribution in [0, 0.1) is 11.6 Å². The Morgan fingerprint density at radius 1 is 1.14 bits per heavy atom. The van der Waals surface area contributed by atoms with E-state index in [0.717, 1.165) is 11.6 Å². The summed E-state index contributed by atoms with van der Waals surface area (Å²) >= 11 is 0. The standard InChI is InChI=1S/C17H19F2NO2/c1-11(15-8-5-13(18)9-16(15)19)20-10-17(21)12-3-6-14(22-2)7-4-12/h3-9,11,17,20-21H,10H2,1-2H3. The summed E-state index contributed by atoms with van der Waals surface area (Å²) in [5.41, 5.74) is 1.10. The van der Waals surface area contributed by atoms with E-state index in [2.05, 4.69) is 5.32 Å². The molecule has 0 fully saturated rings.